The predicted octanol–water partition coefficient (Wildman–Crippen LogP) is 2.83. The summed E-state index contributed by atoms with van der Waals surface area (Å²) < 4.78 is 7.38. The summed E-state index contributed by atoms with van der Waals surface area (Å²) in [6.45, 7) is 0. The number of nitrogens with zero attached hydrogens (tertiary/aromatic N) is 4. The molecule has 0 spiro atoms. The van der Waals surface area contributed by atoms with Gasteiger partial charge in [-0.1, -0.05) is 31.7 Å². The summed E-state index contributed by atoms with van der Waals surface area (Å²) in [5.74, 6) is 1.38. The molecular weight excluding hydrogens is 266 g/mol. The highest BCUT2D eigenvalue weighted by Gasteiger charge is 2.22. The van der Waals surface area contributed by atoms with Crippen molar-refractivity contribution in [3.8, 4) is 17.1 Å². The van der Waals surface area contributed by atoms with Gasteiger partial charge in [0.15, 0.2) is 11.6 Å². The summed E-state index contributed by atoms with van der Waals surface area (Å²) >= 11 is 0. The fraction of sp³-hybridized carbons (Fsp3) is 0.533. The van der Waals surface area contributed by atoms with Crippen LogP contribution in [0, 0.1) is 0 Å². The molecule has 1 aliphatic carbocycles. The van der Waals surface area contributed by atoms with Crippen LogP contribution in [0.1, 0.15) is 44.6 Å². The lowest BCUT2D eigenvalue weighted by atomic mass is 10.1. The van der Waals surface area contributed by atoms with E-state index in [1.807, 2.05) is 22.9 Å². The maximum Gasteiger partial charge on any atom is 0.186 e. The van der Waals surface area contributed by atoms with Gasteiger partial charge in [0, 0.05) is 0 Å². The first-order chi connectivity index (χ1) is 10.3. The predicted molar refractivity (Wildman–Crippen MR) is 81.0 cm³/mol. The van der Waals surface area contributed by atoms with Crippen molar-refractivity contribution in [1.29, 1.82) is 0 Å². The van der Waals surface area contributed by atoms with Gasteiger partial charge in [0.25, 0.3) is 0 Å². The van der Waals surface area contributed by atoms with Gasteiger partial charge in [-0.25, -0.2) is 4.68 Å². The van der Waals surface area contributed by atoms with Crippen LogP contribution in [0.25, 0.3) is 11.4 Å². The van der Waals surface area contributed by atoms with E-state index in [9.17, 15) is 0 Å². The van der Waals surface area contributed by atoms with Crippen LogP contribution in [0.4, 0.5) is 5.69 Å². The van der Waals surface area contributed by atoms with E-state index in [1.54, 1.807) is 7.11 Å². The van der Waals surface area contributed by atoms with Gasteiger partial charge in [0.05, 0.1) is 24.4 Å². The Morgan fingerprint density at radius 3 is 2.67 bits per heavy atom. The second kappa shape index (κ2) is 6.11. The zero-order valence-corrected chi connectivity index (χ0v) is 12.3. The molecule has 0 aliphatic heterocycles. The van der Waals surface area contributed by atoms with Gasteiger partial charge in [-0.3, -0.25) is 0 Å². The number of nitrogens with two attached hydrogens (primary N) is 1. The SMILES string of the molecule is COc1c(N)cccc1-c1nnnn1C1CCCCCC1. The number of nitrogen functional groups attached to an aromatic ring is 1. The van der Waals surface area contributed by atoms with Crippen LogP contribution in [0.15, 0.2) is 18.2 Å². The van der Waals surface area contributed by atoms with Crippen molar-refractivity contribution in [3.05, 3.63) is 18.2 Å². The van der Waals surface area contributed by atoms with Gasteiger partial charge in [-0.15, -0.1) is 5.10 Å². The average molecular weight is 287 g/mol. The van der Waals surface area contributed by atoms with Crippen LogP contribution in [0.5, 0.6) is 5.75 Å². The zero-order valence-electron chi connectivity index (χ0n) is 12.3. The summed E-state index contributed by atoms with van der Waals surface area (Å²) in [7, 11) is 1.62. The Hall–Kier alpha value is -2.11. The van der Waals surface area contributed by atoms with Crippen molar-refractivity contribution in [3.63, 3.8) is 0 Å². The molecule has 0 saturated heterocycles. The Morgan fingerprint density at radius 2 is 1.95 bits per heavy atom. The molecule has 1 fully saturated rings. The molecule has 0 atom stereocenters. The first-order valence-electron chi connectivity index (χ1n) is 7.52. The number of ether oxygens (including phenoxy) is 1. The molecule has 2 N–H and O–H groups in total. The fourth-order valence-electron chi connectivity index (χ4n) is 3.08. The van der Waals surface area contributed by atoms with E-state index >= 15 is 0 Å². The Bertz CT molecular complexity index is 602. The van der Waals surface area contributed by atoms with Gasteiger partial charge in [-0.05, 0) is 35.4 Å². The third kappa shape index (κ3) is 2.70. The molecule has 1 aliphatic rings. The number of benzene rings is 1. The molecular formula is C15H21N5O. The molecule has 1 aromatic heterocycles. The van der Waals surface area contributed by atoms with E-state index in [0.717, 1.165) is 24.2 Å². The zero-order chi connectivity index (χ0) is 14.7. The fourth-order valence-corrected chi connectivity index (χ4v) is 3.08. The van der Waals surface area contributed by atoms with Gasteiger partial charge >= 0.3 is 0 Å². The second-order valence-electron chi connectivity index (χ2n) is 5.52. The molecule has 0 bridgehead atoms. The topological polar surface area (TPSA) is 78.8 Å². The molecule has 2 aromatic rings. The van der Waals surface area contributed by atoms with Gasteiger partial charge in [0.1, 0.15) is 0 Å². The van der Waals surface area contributed by atoms with E-state index in [0.29, 0.717) is 17.5 Å². The summed E-state index contributed by atoms with van der Waals surface area (Å²) in [5.41, 5.74) is 7.44. The van der Waals surface area contributed by atoms with E-state index in [1.165, 1.54) is 25.7 Å². The maximum atomic E-state index is 5.99. The van der Waals surface area contributed by atoms with Gasteiger partial charge in [-0.2, -0.15) is 0 Å². The molecule has 0 amide bonds. The van der Waals surface area contributed by atoms with Crippen molar-refractivity contribution in [2.45, 2.75) is 44.6 Å². The van der Waals surface area contributed by atoms with Crippen molar-refractivity contribution in [2.75, 3.05) is 12.8 Å². The van der Waals surface area contributed by atoms with Gasteiger partial charge in [0.2, 0.25) is 0 Å². The largest absolute Gasteiger partial charge is 0.494 e. The third-order valence-electron chi connectivity index (χ3n) is 4.15. The minimum Gasteiger partial charge on any atom is -0.494 e. The number of para-hydroxylation sites is 1. The highest BCUT2D eigenvalue weighted by Crippen LogP contribution is 2.36. The smallest absolute Gasteiger partial charge is 0.186 e. The van der Waals surface area contributed by atoms with Crippen molar-refractivity contribution in [2.24, 2.45) is 0 Å². The van der Waals surface area contributed by atoms with Crippen molar-refractivity contribution >= 4 is 5.69 Å². The molecule has 21 heavy (non-hydrogen) atoms. The van der Waals surface area contributed by atoms with E-state index in [2.05, 4.69) is 15.5 Å². The number of methoxy groups -OCH3 is 1. The van der Waals surface area contributed by atoms with Gasteiger partial charge < -0.3 is 10.5 Å². The monoisotopic (exact) mass is 287 g/mol. The van der Waals surface area contributed by atoms with E-state index in [-0.39, 0.29) is 0 Å². The molecule has 112 valence electrons. The maximum absolute atomic E-state index is 5.99. The Balaban J connectivity index is 2.00. The quantitative estimate of drug-likeness (QED) is 0.693. The third-order valence-corrected chi connectivity index (χ3v) is 4.15. The summed E-state index contributed by atoms with van der Waals surface area (Å²) in [5, 5.41) is 12.3. The lowest BCUT2D eigenvalue weighted by Gasteiger charge is -2.17. The molecule has 6 nitrogen and oxygen atoms in total. The number of tetrazole rings is 1. The highest BCUT2D eigenvalue weighted by atomic mass is 16.5. The molecule has 1 heterocycles. The molecule has 1 aromatic carbocycles. The minimum absolute atomic E-state index is 0.364. The van der Waals surface area contributed by atoms with Crippen LogP contribution in [-0.4, -0.2) is 27.3 Å². The van der Waals surface area contributed by atoms with Crippen LogP contribution < -0.4 is 10.5 Å². The number of hydrogen-bond donors (Lipinski definition) is 1. The molecule has 6 heteroatoms. The Labute approximate surface area is 124 Å². The summed E-state index contributed by atoms with van der Waals surface area (Å²) in [6, 6.07) is 6.04. The Morgan fingerprint density at radius 1 is 1.19 bits per heavy atom. The first kappa shape index (κ1) is 13.9. The van der Waals surface area contributed by atoms with E-state index < -0.39 is 0 Å². The minimum atomic E-state index is 0.364. The number of hydrogen-bond acceptors (Lipinski definition) is 5. The van der Waals surface area contributed by atoms with Crippen LogP contribution in [-0.2, 0) is 0 Å². The molecule has 0 unspecified atom stereocenters. The lowest BCUT2D eigenvalue weighted by molar-refractivity contribution is 0.396. The standard InChI is InChI=1S/C15H21N5O/c1-21-14-12(9-6-10-13(14)16)15-17-18-19-20(15)11-7-4-2-3-5-8-11/h6,9-11H,2-5,7-8,16H2,1H3. The summed E-state index contributed by atoms with van der Waals surface area (Å²) in [6.07, 6.45) is 7.33. The Kier molecular flexibility index (Phi) is 4.03. The second-order valence-corrected chi connectivity index (χ2v) is 5.52. The first-order valence-corrected chi connectivity index (χ1v) is 7.52. The molecule has 3 rings (SSSR count). The van der Waals surface area contributed by atoms with Crippen LogP contribution in [0.3, 0.4) is 0 Å². The number of rotatable bonds is 3. The summed E-state index contributed by atoms with van der Waals surface area (Å²) in [4.78, 5) is 0. The normalized spacial score (nSPS) is 16.6. The number of aromatic nitrogens is 4. The lowest BCUT2D eigenvalue weighted by Crippen LogP contribution is -2.12. The van der Waals surface area contributed by atoms with Crippen LogP contribution in [0.2, 0.25) is 0 Å². The van der Waals surface area contributed by atoms with Crippen molar-refractivity contribution < 1.29 is 4.74 Å². The molecule has 1 saturated carbocycles. The molecule has 0 radical (unpaired) electrons. The van der Waals surface area contributed by atoms with Crippen LogP contribution >= 0.6 is 0 Å². The average Bonchev–Trinajstić information content (AvgIpc) is 2.82. The van der Waals surface area contributed by atoms with E-state index in [4.69, 9.17) is 10.5 Å². The highest BCUT2D eigenvalue weighted by molar-refractivity contribution is 5.73. The number of anilines is 1. The van der Waals surface area contributed by atoms with Crippen molar-refractivity contribution in [1.82, 2.24) is 20.2 Å².